The second kappa shape index (κ2) is 8.08. The Bertz CT molecular complexity index is 1120. The molecule has 1 amide bonds. The van der Waals surface area contributed by atoms with Gasteiger partial charge in [-0.3, -0.25) is 9.69 Å². The molecule has 0 radical (unpaired) electrons. The van der Waals surface area contributed by atoms with Crippen LogP contribution in [0.25, 0.3) is 11.0 Å². The normalized spacial score (nSPS) is 19.6. The van der Waals surface area contributed by atoms with E-state index < -0.39 is 0 Å². The standard InChI is InChI=1S/C25H29FN4O/c1-17-27-23-8-3-4-9-24(23)30(17)15-19-11-10-18(14-22(19)26)25(31)28(2)21-12-13-29(16-21)20-6-5-7-20/h3-4,8-11,14,20-21H,5-7,12-13,15-16H2,1-2H3/t21-/m1/s1. The van der Waals surface area contributed by atoms with Gasteiger partial charge in [-0.2, -0.15) is 0 Å². The van der Waals surface area contributed by atoms with Crippen LogP contribution in [-0.4, -0.2) is 57.5 Å². The minimum atomic E-state index is -0.348. The summed E-state index contributed by atoms with van der Waals surface area (Å²) in [6.07, 6.45) is 4.87. The van der Waals surface area contributed by atoms with Crippen molar-refractivity contribution in [1.29, 1.82) is 0 Å². The molecule has 1 aliphatic carbocycles. The number of benzene rings is 2. The Morgan fingerprint density at radius 2 is 2.00 bits per heavy atom. The maximum absolute atomic E-state index is 15.0. The summed E-state index contributed by atoms with van der Waals surface area (Å²) in [6, 6.07) is 13.7. The van der Waals surface area contributed by atoms with Gasteiger partial charge in [0.1, 0.15) is 11.6 Å². The van der Waals surface area contributed by atoms with Gasteiger partial charge in [-0.05, 0) is 50.5 Å². The molecule has 2 heterocycles. The fourth-order valence-corrected chi connectivity index (χ4v) is 4.91. The number of aromatic nitrogens is 2. The van der Waals surface area contributed by atoms with Crippen LogP contribution in [0.3, 0.4) is 0 Å². The number of halogens is 1. The van der Waals surface area contributed by atoms with Gasteiger partial charge < -0.3 is 9.47 Å². The van der Waals surface area contributed by atoms with Crippen molar-refractivity contribution in [2.24, 2.45) is 0 Å². The zero-order chi connectivity index (χ0) is 21.5. The molecular weight excluding hydrogens is 391 g/mol. The van der Waals surface area contributed by atoms with E-state index in [0.29, 0.717) is 23.7 Å². The zero-order valence-corrected chi connectivity index (χ0v) is 18.2. The van der Waals surface area contributed by atoms with Gasteiger partial charge in [0.2, 0.25) is 0 Å². The maximum atomic E-state index is 15.0. The summed E-state index contributed by atoms with van der Waals surface area (Å²) >= 11 is 0. The third-order valence-electron chi connectivity index (χ3n) is 7.13. The van der Waals surface area contributed by atoms with Crippen LogP contribution < -0.4 is 0 Å². The van der Waals surface area contributed by atoms with Crippen molar-refractivity contribution in [3.63, 3.8) is 0 Å². The van der Waals surface area contributed by atoms with Crippen molar-refractivity contribution in [2.75, 3.05) is 20.1 Å². The van der Waals surface area contributed by atoms with E-state index in [0.717, 1.165) is 36.4 Å². The van der Waals surface area contributed by atoms with Crippen molar-refractivity contribution < 1.29 is 9.18 Å². The molecular formula is C25H29FN4O. The number of hydrogen-bond donors (Lipinski definition) is 0. The second-order valence-corrected chi connectivity index (χ2v) is 8.98. The van der Waals surface area contributed by atoms with Gasteiger partial charge in [-0.25, -0.2) is 9.37 Å². The molecule has 5 nitrogen and oxygen atoms in total. The largest absolute Gasteiger partial charge is 0.337 e. The first-order chi connectivity index (χ1) is 15.0. The molecule has 0 bridgehead atoms. The molecule has 1 saturated heterocycles. The molecule has 3 aromatic rings. The van der Waals surface area contributed by atoms with Gasteiger partial charge in [0, 0.05) is 43.3 Å². The molecule has 2 aliphatic rings. The van der Waals surface area contributed by atoms with E-state index in [-0.39, 0.29) is 17.8 Å². The number of likely N-dealkylation sites (tertiary alicyclic amines) is 1. The predicted octanol–water partition coefficient (Wildman–Crippen LogP) is 4.23. The first-order valence-corrected chi connectivity index (χ1v) is 11.2. The van der Waals surface area contributed by atoms with E-state index in [1.54, 1.807) is 17.0 Å². The first kappa shape index (κ1) is 20.2. The van der Waals surface area contributed by atoms with Crippen LogP contribution in [0.15, 0.2) is 42.5 Å². The fraction of sp³-hybridized carbons (Fsp3) is 0.440. The topological polar surface area (TPSA) is 41.4 Å². The minimum absolute atomic E-state index is 0.102. The second-order valence-electron chi connectivity index (χ2n) is 8.98. The Hall–Kier alpha value is -2.73. The van der Waals surface area contributed by atoms with Crippen LogP contribution in [0.4, 0.5) is 4.39 Å². The number of para-hydroxylation sites is 2. The highest BCUT2D eigenvalue weighted by molar-refractivity contribution is 5.94. The number of carbonyl (C=O) groups is 1. The number of imidazole rings is 1. The van der Waals surface area contributed by atoms with Crippen molar-refractivity contribution in [3.8, 4) is 0 Å². The minimum Gasteiger partial charge on any atom is -0.337 e. The molecule has 6 heteroatoms. The summed E-state index contributed by atoms with van der Waals surface area (Å²) in [5.74, 6) is 0.395. The van der Waals surface area contributed by atoms with Crippen LogP contribution in [0.5, 0.6) is 0 Å². The van der Waals surface area contributed by atoms with E-state index in [2.05, 4.69) is 9.88 Å². The molecule has 1 atom stereocenters. The molecule has 1 saturated carbocycles. The van der Waals surface area contributed by atoms with E-state index in [9.17, 15) is 9.18 Å². The van der Waals surface area contributed by atoms with Gasteiger partial charge in [0.25, 0.3) is 5.91 Å². The van der Waals surface area contributed by atoms with E-state index >= 15 is 0 Å². The quantitative estimate of drug-likeness (QED) is 0.620. The Labute approximate surface area is 182 Å². The Balaban J connectivity index is 1.31. The Morgan fingerprint density at radius 3 is 2.74 bits per heavy atom. The van der Waals surface area contributed by atoms with E-state index in [1.807, 2.05) is 42.8 Å². The summed E-state index contributed by atoms with van der Waals surface area (Å²) < 4.78 is 17.0. The van der Waals surface area contributed by atoms with Crippen molar-refractivity contribution in [2.45, 2.75) is 51.2 Å². The zero-order valence-electron chi connectivity index (χ0n) is 18.2. The number of nitrogens with zero attached hydrogens (tertiary/aromatic N) is 4. The van der Waals surface area contributed by atoms with Gasteiger partial charge in [0.05, 0.1) is 17.6 Å². The maximum Gasteiger partial charge on any atom is 0.253 e. The lowest BCUT2D eigenvalue weighted by molar-refractivity contribution is 0.0719. The number of hydrogen-bond acceptors (Lipinski definition) is 3. The number of amides is 1. The molecule has 1 aromatic heterocycles. The molecule has 31 heavy (non-hydrogen) atoms. The van der Waals surface area contributed by atoms with Crippen LogP contribution in [0.1, 0.15) is 47.4 Å². The average Bonchev–Trinajstić information content (AvgIpc) is 3.32. The van der Waals surface area contributed by atoms with Gasteiger partial charge in [-0.15, -0.1) is 0 Å². The molecule has 2 aromatic carbocycles. The van der Waals surface area contributed by atoms with Crippen molar-refractivity contribution in [1.82, 2.24) is 19.4 Å². The number of fused-ring (bicyclic) bond motifs is 1. The Kier molecular flexibility index (Phi) is 5.26. The lowest BCUT2D eigenvalue weighted by Gasteiger charge is -2.35. The van der Waals surface area contributed by atoms with E-state index in [4.69, 9.17) is 0 Å². The highest BCUT2D eigenvalue weighted by Crippen LogP contribution is 2.29. The number of likely N-dealkylation sites (N-methyl/N-ethyl adjacent to an activating group) is 1. The summed E-state index contributed by atoms with van der Waals surface area (Å²) in [5.41, 5.74) is 2.86. The molecule has 0 unspecified atom stereocenters. The van der Waals surface area contributed by atoms with Crippen LogP contribution >= 0.6 is 0 Å². The number of rotatable bonds is 5. The monoisotopic (exact) mass is 420 g/mol. The molecule has 0 spiro atoms. The first-order valence-electron chi connectivity index (χ1n) is 11.2. The molecule has 1 aliphatic heterocycles. The van der Waals surface area contributed by atoms with Crippen LogP contribution in [-0.2, 0) is 6.54 Å². The summed E-state index contributed by atoms with van der Waals surface area (Å²) in [4.78, 5) is 21.9. The van der Waals surface area contributed by atoms with Gasteiger partial charge in [-0.1, -0.05) is 24.6 Å². The number of carbonyl (C=O) groups excluding carboxylic acids is 1. The Morgan fingerprint density at radius 1 is 1.19 bits per heavy atom. The smallest absolute Gasteiger partial charge is 0.253 e. The predicted molar refractivity (Wildman–Crippen MR) is 120 cm³/mol. The molecule has 162 valence electrons. The van der Waals surface area contributed by atoms with Crippen LogP contribution in [0.2, 0.25) is 0 Å². The van der Waals surface area contributed by atoms with Gasteiger partial charge in [0.15, 0.2) is 0 Å². The van der Waals surface area contributed by atoms with Crippen LogP contribution in [0, 0.1) is 12.7 Å². The third kappa shape index (κ3) is 3.74. The molecule has 0 N–H and O–H groups in total. The lowest BCUT2D eigenvalue weighted by Crippen LogP contribution is -2.43. The van der Waals surface area contributed by atoms with Crippen molar-refractivity contribution >= 4 is 16.9 Å². The fourth-order valence-electron chi connectivity index (χ4n) is 4.91. The SMILES string of the molecule is Cc1nc2ccccc2n1Cc1ccc(C(=O)N(C)[C@@H]2CCN(C3CCC3)C2)cc1F. The summed E-state index contributed by atoms with van der Waals surface area (Å²) in [7, 11) is 1.85. The van der Waals surface area contributed by atoms with Gasteiger partial charge >= 0.3 is 0 Å². The third-order valence-corrected chi connectivity index (χ3v) is 7.13. The molecule has 2 fully saturated rings. The highest BCUT2D eigenvalue weighted by atomic mass is 19.1. The lowest BCUT2D eigenvalue weighted by atomic mass is 9.92. The average molecular weight is 421 g/mol. The van der Waals surface area contributed by atoms with Crippen molar-refractivity contribution in [3.05, 3.63) is 65.2 Å². The summed E-state index contributed by atoms with van der Waals surface area (Å²) in [5, 5.41) is 0. The number of aryl methyl sites for hydroxylation is 1. The molecule has 5 rings (SSSR count). The summed E-state index contributed by atoms with van der Waals surface area (Å²) in [6.45, 7) is 4.31. The van der Waals surface area contributed by atoms with E-state index in [1.165, 1.54) is 25.3 Å². The highest BCUT2D eigenvalue weighted by Gasteiger charge is 2.34.